The first-order valence-electron chi connectivity index (χ1n) is 7.55. The van der Waals surface area contributed by atoms with Crippen LogP contribution in [0.25, 0.3) is 11.7 Å². The predicted molar refractivity (Wildman–Crippen MR) is 83.4 cm³/mol. The molecule has 0 unspecified atom stereocenters. The van der Waals surface area contributed by atoms with Crippen molar-refractivity contribution in [2.24, 2.45) is 0 Å². The number of rotatable bonds is 6. The third-order valence-corrected chi connectivity index (χ3v) is 4.62. The van der Waals surface area contributed by atoms with Crippen LogP contribution in [0.5, 0.6) is 0 Å². The second kappa shape index (κ2) is 6.65. The van der Waals surface area contributed by atoms with Crippen LogP contribution in [0.2, 0.25) is 0 Å². The van der Waals surface area contributed by atoms with Crippen LogP contribution in [-0.4, -0.2) is 37.7 Å². The van der Waals surface area contributed by atoms with Crippen molar-refractivity contribution in [2.75, 3.05) is 6.61 Å². The molecule has 0 spiro atoms. The van der Waals surface area contributed by atoms with E-state index in [0.717, 1.165) is 19.4 Å². The summed E-state index contributed by atoms with van der Waals surface area (Å²) in [7, 11) is 0. The number of aromatic amines is 1. The monoisotopic (exact) mass is 349 g/mol. The fourth-order valence-corrected chi connectivity index (χ4v) is 3.30. The van der Waals surface area contributed by atoms with Crippen molar-refractivity contribution in [3.63, 3.8) is 0 Å². The quantitative estimate of drug-likeness (QED) is 0.669. The molecule has 0 radical (unpaired) electrons. The summed E-state index contributed by atoms with van der Waals surface area (Å²) in [5.41, 5.74) is -0.241. The average molecular weight is 349 g/mol. The lowest BCUT2D eigenvalue weighted by Gasteiger charge is -2.10. The summed E-state index contributed by atoms with van der Waals surface area (Å²) in [4.78, 5) is 11.9. The summed E-state index contributed by atoms with van der Waals surface area (Å²) >= 11 is 1.35. The van der Waals surface area contributed by atoms with Crippen molar-refractivity contribution in [3.8, 4) is 11.7 Å². The highest BCUT2D eigenvalue weighted by Crippen LogP contribution is 2.23. The van der Waals surface area contributed by atoms with Gasteiger partial charge in [-0.2, -0.15) is 0 Å². The summed E-state index contributed by atoms with van der Waals surface area (Å²) in [5, 5.41) is 15.0. The van der Waals surface area contributed by atoms with Crippen molar-refractivity contribution in [1.29, 1.82) is 0 Å². The molecule has 1 fully saturated rings. The largest absolute Gasteiger partial charge is 0.459 e. The molecule has 0 aliphatic carbocycles. The molecule has 0 saturated carbocycles. The molecule has 3 aromatic heterocycles. The normalized spacial score (nSPS) is 17.6. The molecule has 126 valence electrons. The van der Waals surface area contributed by atoms with E-state index in [2.05, 4.69) is 20.4 Å². The van der Waals surface area contributed by atoms with E-state index < -0.39 is 0 Å². The van der Waals surface area contributed by atoms with Crippen molar-refractivity contribution in [1.82, 2.24) is 25.0 Å². The Morgan fingerprint density at radius 3 is 3.17 bits per heavy atom. The molecule has 9 nitrogen and oxygen atoms in total. The van der Waals surface area contributed by atoms with Gasteiger partial charge in [0.05, 0.1) is 24.7 Å². The molecular formula is C14H15N5O4S. The van der Waals surface area contributed by atoms with Crippen LogP contribution in [0, 0.1) is 0 Å². The van der Waals surface area contributed by atoms with Gasteiger partial charge >= 0.3 is 5.69 Å². The number of thioether (sulfide) groups is 1. The van der Waals surface area contributed by atoms with Crippen LogP contribution in [0.15, 0.2) is 37.2 Å². The minimum absolute atomic E-state index is 0.0635. The second-order valence-electron chi connectivity index (χ2n) is 5.32. The first-order chi connectivity index (χ1) is 11.8. The zero-order chi connectivity index (χ0) is 16.4. The molecule has 3 aromatic rings. The van der Waals surface area contributed by atoms with Crippen LogP contribution >= 0.6 is 11.8 Å². The van der Waals surface area contributed by atoms with Crippen molar-refractivity contribution in [3.05, 3.63) is 34.8 Å². The highest BCUT2D eigenvalue weighted by Gasteiger charge is 2.20. The van der Waals surface area contributed by atoms with Gasteiger partial charge in [0.2, 0.25) is 5.89 Å². The SMILES string of the molecule is O=c1[nH]nc(SCc2nnc(-c3ccco3)o2)n1C[C@@H]1CCCO1. The third-order valence-electron chi connectivity index (χ3n) is 3.66. The Labute approximate surface area is 140 Å². The van der Waals surface area contributed by atoms with E-state index >= 15 is 0 Å². The van der Waals surface area contributed by atoms with Gasteiger partial charge in [-0.25, -0.2) is 9.89 Å². The number of hydrogen-bond acceptors (Lipinski definition) is 8. The van der Waals surface area contributed by atoms with Gasteiger partial charge in [-0.15, -0.1) is 15.3 Å². The number of nitrogens with zero attached hydrogens (tertiary/aromatic N) is 4. The molecule has 4 heterocycles. The Hall–Kier alpha value is -2.33. The van der Waals surface area contributed by atoms with Crippen LogP contribution in [0.4, 0.5) is 0 Å². The van der Waals surface area contributed by atoms with Crippen LogP contribution in [0.3, 0.4) is 0 Å². The second-order valence-corrected chi connectivity index (χ2v) is 6.27. The minimum atomic E-state index is -0.241. The Morgan fingerprint density at radius 2 is 2.38 bits per heavy atom. The van der Waals surface area contributed by atoms with Crippen molar-refractivity contribution >= 4 is 11.8 Å². The number of nitrogens with one attached hydrogen (secondary N) is 1. The molecule has 0 amide bonds. The molecular weight excluding hydrogens is 334 g/mol. The summed E-state index contributed by atoms with van der Waals surface area (Å²) in [5.74, 6) is 1.69. The molecule has 1 aliphatic heterocycles. The van der Waals surface area contributed by atoms with Crippen LogP contribution in [0.1, 0.15) is 18.7 Å². The maximum Gasteiger partial charge on any atom is 0.344 e. The van der Waals surface area contributed by atoms with Crippen LogP contribution in [-0.2, 0) is 17.0 Å². The van der Waals surface area contributed by atoms with Gasteiger partial charge < -0.3 is 13.6 Å². The number of furan rings is 1. The fraction of sp³-hybridized carbons (Fsp3) is 0.429. The molecule has 0 aromatic carbocycles. The highest BCUT2D eigenvalue weighted by molar-refractivity contribution is 7.98. The molecule has 1 saturated heterocycles. The van der Waals surface area contributed by atoms with Crippen molar-refractivity contribution < 1.29 is 13.6 Å². The highest BCUT2D eigenvalue weighted by atomic mass is 32.2. The maximum absolute atomic E-state index is 11.9. The van der Waals surface area contributed by atoms with Gasteiger partial charge in [-0.05, 0) is 25.0 Å². The van der Waals surface area contributed by atoms with E-state index in [1.54, 1.807) is 23.0 Å². The summed E-state index contributed by atoms with van der Waals surface area (Å²) in [6.07, 6.45) is 3.59. The van der Waals surface area contributed by atoms with Gasteiger partial charge in [-0.3, -0.25) is 4.57 Å². The van der Waals surface area contributed by atoms with E-state index in [0.29, 0.717) is 35.0 Å². The van der Waals surface area contributed by atoms with Gasteiger partial charge in [0, 0.05) is 6.61 Å². The van der Waals surface area contributed by atoms with E-state index in [1.807, 2.05) is 0 Å². The fourth-order valence-electron chi connectivity index (χ4n) is 2.50. The third kappa shape index (κ3) is 3.15. The number of hydrogen-bond donors (Lipinski definition) is 1. The lowest BCUT2D eigenvalue weighted by atomic mass is 10.2. The molecule has 1 N–H and O–H groups in total. The van der Waals surface area contributed by atoms with Crippen molar-refractivity contribution in [2.45, 2.75) is 36.4 Å². The number of H-pyrrole nitrogens is 1. The molecule has 4 rings (SSSR count). The van der Waals surface area contributed by atoms with Gasteiger partial charge in [0.25, 0.3) is 5.89 Å². The maximum atomic E-state index is 11.9. The number of ether oxygens (including phenoxy) is 1. The topological polar surface area (TPSA) is 112 Å². The zero-order valence-electron chi connectivity index (χ0n) is 12.7. The summed E-state index contributed by atoms with van der Waals surface area (Å²) in [6.45, 7) is 1.25. The van der Waals surface area contributed by atoms with Gasteiger partial charge in [0.15, 0.2) is 10.9 Å². The average Bonchev–Trinajstić information content (AvgIpc) is 3.36. The standard InChI is InChI=1S/C14H15N5O4S/c20-13-17-18-14(19(13)7-9-3-1-5-21-9)24-8-11-15-16-12(23-11)10-4-2-6-22-10/h2,4,6,9H,1,3,5,7-8H2,(H,17,20)/t9-/m0/s1. The van der Waals surface area contributed by atoms with E-state index in [-0.39, 0.29) is 11.8 Å². The van der Waals surface area contributed by atoms with Gasteiger partial charge in [0.1, 0.15) is 0 Å². The Morgan fingerprint density at radius 1 is 1.42 bits per heavy atom. The molecule has 24 heavy (non-hydrogen) atoms. The lowest BCUT2D eigenvalue weighted by Crippen LogP contribution is -2.24. The zero-order valence-corrected chi connectivity index (χ0v) is 13.5. The van der Waals surface area contributed by atoms with E-state index in [4.69, 9.17) is 13.6 Å². The Kier molecular flexibility index (Phi) is 4.22. The molecule has 1 atom stereocenters. The summed E-state index contributed by atoms with van der Waals surface area (Å²) in [6, 6.07) is 3.50. The minimum Gasteiger partial charge on any atom is -0.459 e. The molecule has 10 heteroatoms. The van der Waals surface area contributed by atoms with Crippen LogP contribution < -0.4 is 5.69 Å². The Balaban J connectivity index is 1.43. The lowest BCUT2D eigenvalue weighted by molar-refractivity contribution is 0.0941. The van der Waals surface area contributed by atoms with E-state index in [1.165, 1.54) is 11.8 Å². The first kappa shape index (κ1) is 15.2. The van der Waals surface area contributed by atoms with E-state index in [9.17, 15) is 4.79 Å². The first-order valence-corrected chi connectivity index (χ1v) is 8.54. The predicted octanol–water partition coefficient (Wildman–Crippen LogP) is 1.69. The van der Waals surface area contributed by atoms with Gasteiger partial charge in [-0.1, -0.05) is 11.8 Å². The smallest absolute Gasteiger partial charge is 0.344 e. The summed E-state index contributed by atoms with van der Waals surface area (Å²) < 4.78 is 17.9. The molecule has 0 bridgehead atoms. The number of aromatic nitrogens is 5. The Bertz CT molecular complexity index is 847. The molecule has 1 aliphatic rings.